The van der Waals surface area contributed by atoms with Crippen molar-refractivity contribution in [3.63, 3.8) is 0 Å². The Morgan fingerprint density at radius 3 is 2.37 bits per heavy atom. The molecule has 0 aromatic heterocycles. The van der Waals surface area contributed by atoms with Gasteiger partial charge in [0.25, 0.3) is 5.91 Å². The fourth-order valence-electron chi connectivity index (χ4n) is 3.77. The standard InChI is InChI=1S/C25H29NO/c1-16(2)15-26-25(27)19(5)21-12-10-20(11-13-21)14-24-18(4)17(3)22-8-6-7-9-23(22)24/h6-13,15-16,19,24H,14H2,1-5H3. The molecule has 140 valence electrons. The number of amides is 1. The van der Waals surface area contributed by atoms with Crippen molar-refractivity contribution in [2.75, 3.05) is 0 Å². The highest BCUT2D eigenvalue weighted by Crippen LogP contribution is 2.43. The Bertz CT molecular complexity index is 887. The lowest BCUT2D eigenvalue weighted by atomic mass is 9.89. The summed E-state index contributed by atoms with van der Waals surface area (Å²) in [6.07, 6.45) is 2.72. The van der Waals surface area contributed by atoms with Crippen LogP contribution in [0.1, 0.15) is 68.7 Å². The van der Waals surface area contributed by atoms with E-state index in [2.05, 4.69) is 67.4 Å². The van der Waals surface area contributed by atoms with Crippen molar-refractivity contribution in [1.29, 1.82) is 0 Å². The van der Waals surface area contributed by atoms with Crippen molar-refractivity contribution in [2.24, 2.45) is 10.9 Å². The van der Waals surface area contributed by atoms with Gasteiger partial charge in [0.15, 0.2) is 0 Å². The van der Waals surface area contributed by atoms with E-state index in [1.807, 2.05) is 20.8 Å². The van der Waals surface area contributed by atoms with E-state index in [1.165, 1.54) is 27.8 Å². The van der Waals surface area contributed by atoms with E-state index >= 15 is 0 Å². The molecule has 0 radical (unpaired) electrons. The predicted molar refractivity (Wildman–Crippen MR) is 114 cm³/mol. The number of carbonyl (C=O) groups excluding carboxylic acids is 1. The SMILES string of the molecule is CC1=C(C)C(Cc2ccc(C(C)C(=O)N=CC(C)C)cc2)c2ccccc21. The van der Waals surface area contributed by atoms with Crippen LogP contribution in [0.25, 0.3) is 5.57 Å². The van der Waals surface area contributed by atoms with Gasteiger partial charge in [-0.15, -0.1) is 0 Å². The van der Waals surface area contributed by atoms with Crippen LogP contribution in [-0.2, 0) is 11.2 Å². The summed E-state index contributed by atoms with van der Waals surface area (Å²) in [6, 6.07) is 17.2. The number of allylic oxidation sites excluding steroid dienone is 2. The second-order valence-electron chi connectivity index (χ2n) is 7.98. The van der Waals surface area contributed by atoms with Crippen LogP contribution >= 0.6 is 0 Å². The van der Waals surface area contributed by atoms with Gasteiger partial charge in [-0.25, -0.2) is 4.99 Å². The minimum atomic E-state index is -0.204. The summed E-state index contributed by atoms with van der Waals surface area (Å²) < 4.78 is 0. The maximum Gasteiger partial charge on any atom is 0.252 e. The van der Waals surface area contributed by atoms with Crippen molar-refractivity contribution in [2.45, 2.75) is 52.9 Å². The number of carbonyl (C=O) groups is 1. The Morgan fingerprint density at radius 2 is 1.70 bits per heavy atom. The van der Waals surface area contributed by atoms with Crippen molar-refractivity contribution < 1.29 is 4.79 Å². The van der Waals surface area contributed by atoms with Crippen molar-refractivity contribution >= 4 is 17.7 Å². The third-order valence-electron chi connectivity index (χ3n) is 5.64. The molecule has 2 aromatic rings. The van der Waals surface area contributed by atoms with Gasteiger partial charge in [0, 0.05) is 12.1 Å². The normalized spacial score (nSPS) is 17.6. The Labute approximate surface area is 163 Å². The third kappa shape index (κ3) is 4.10. The monoisotopic (exact) mass is 359 g/mol. The summed E-state index contributed by atoms with van der Waals surface area (Å²) in [5.41, 5.74) is 8.03. The average Bonchev–Trinajstić information content (AvgIpc) is 2.91. The van der Waals surface area contributed by atoms with Gasteiger partial charge < -0.3 is 0 Å². The van der Waals surface area contributed by atoms with Gasteiger partial charge in [-0.3, -0.25) is 4.79 Å². The van der Waals surface area contributed by atoms with Gasteiger partial charge in [-0.05, 0) is 60.9 Å². The summed E-state index contributed by atoms with van der Waals surface area (Å²) in [4.78, 5) is 16.3. The molecule has 0 heterocycles. The highest BCUT2D eigenvalue weighted by molar-refractivity contribution is 5.90. The second-order valence-corrected chi connectivity index (χ2v) is 7.98. The predicted octanol–water partition coefficient (Wildman–Crippen LogP) is 6.18. The topological polar surface area (TPSA) is 29.4 Å². The number of aliphatic imine (C=N–C) groups is 1. The van der Waals surface area contributed by atoms with Crippen molar-refractivity contribution in [3.05, 3.63) is 76.4 Å². The highest BCUT2D eigenvalue weighted by atomic mass is 16.1. The zero-order valence-corrected chi connectivity index (χ0v) is 17.0. The first-order valence-corrected chi connectivity index (χ1v) is 9.82. The van der Waals surface area contributed by atoms with Gasteiger partial charge in [0.05, 0.1) is 5.92 Å². The zero-order valence-electron chi connectivity index (χ0n) is 17.0. The van der Waals surface area contributed by atoms with Crippen molar-refractivity contribution in [3.8, 4) is 0 Å². The molecule has 2 nitrogen and oxygen atoms in total. The molecular formula is C25H29NO. The maximum absolute atomic E-state index is 12.2. The van der Waals surface area contributed by atoms with Crippen LogP contribution in [0.2, 0.25) is 0 Å². The molecule has 2 heteroatoms. The lowest BCUT2D eigenvalue weighted by Crippen LogP contribution is -2.08. The fourth-order valence-corrected chi connectivity index (χ4v) is 3.77. The summed E-state index contributed by atoms with van der Waals surface area (Å²) in [5, 5.41) is 0. The lowest BCUT2D eigenvalue weighted by Gasteiger charge is -2.15. The molecule has 0 bridgehead atoms. The molecule has 1 aliphatic rings. The zero-order chi connectivity index (χ0) is 19.6. The summed E-state index contributed by atoms with van der Waals surface area (Å²) in [6.45, 7) is 10.5. The van der Waals surface area contributed by atoms with Gasteiger partial charge in [0.2, 0.25) is 0 Å². The fraction of sp³-hybridized carbons (Fsp3) is 0.360. The van der Waals surface area contributed by atoms with Crippen LogP contribution in [0.15, 0.2) is 59.1 Å². The molecule has 0 N–H and O–H groups in total. The summed E-state index contributed by atoms with van der Waals surface area (Å²) in [7, 11) is 0. The minimum Gasteiger partial charge on any atom is -0.272 e. The molecule has 27 heavy (non-hydrogen) atoms. The van der Waals surface area contributed by atoms with E-state index in [0.29, 0.717) is 5.92 Å². The van der Waals surface area contributed by atoms with Crippen LogP contribution in [-0.4, -0.2) is 12.1 Å². The molecular weight excluding hydrogens is 330 g/mol. The number of nitrogens with zero attached hydrogens (tertiary/aromatic N) is 1. The van der Waals surface area contributed by atoms with E-state index in [9.17, 15) is 4.79 Å². The largest absolute Gasteiger partial charge is 0.272 e. The molecule has 2 unspecified atom stereocenters. The van der Waals surface area contributed by atoms with Crippen LogP contribution < -0.4 is 0 Å². The quantitative estimate of drug-likeness (QED) is 0.586. The van der Waals surface area contributed by atoms with Crippen LogP contribution in [0.5, 0.6) is 0 Å². The number of benzene rings is 2. The Kier molecular flexibility index (Phi) is 5.74. The molecule has 0 saturated heterocycles. The third-order valence-corrected chi connectivity index (χ3v) is 5.64. The number of hydrogen-bond donors (Lipinski definition) is 0. The summed E-state index contributed by atoms with van der Waals surface area (Å²) in [5.74, 6) is 0.458. The number of fused-ring (bicyclic) bond motifs is 1. The van der Waals surface area contributed by atoms with Gasteiger partial charge in [0.1, 0.15) is 0 Å². The molecule has 0 saturated carbocycles. The van der Waals surface area contributed by atoms with Crippen LogP contribution in [0, 0.1) is 5.92 Å². The number of rotatable bonds is 5. The highest BCUT2D eigenvalue weighted by Gasteiger charge is 2.26. The molecule has 0 aliphatic heterocycles. The number of hydrogen-bond acceptors (Lipinski definition) is 1. The maximum atomic E-state index is 12.2. The second kappa shape index (κ2) is 8.04. The molecule has 1 aliphatic carbocycles. The lowest BCUT2D eigenvalue weighted by molar-refractivity contribution is -0.118. The van der Waals surface area contributed by atoms with E-state index in [-0.39, 0.29) is 17.7 Å². The summed E-state index contributed by atoms with van der Waals surface area (Å²) >= 11 is 0. The first-order chi connectivity index (χ1) is 12.9. The Balaban J connectivity index is 1.74. The van der Waals surface area contributed by atoms with Crippen LogP contribution in [0.4, 0.5) is 0 Å². The molecule has 2 atom stereocenters. The van der Waals surface area contributed by atoms with Gasteiger partial charge in [-0.2, -0.15) is 0 Å². The van der Waals surface area contributed by atoms with Gasteiger partial charge in [-0.1, -0.05) is 68.0 Å². The van der Waals surface area contributed by atoms with Crippen molar-refractivity contribution in [1.82, 2.24) is 0 Å². The van der Waals surface area contributed by atoms with E-state index < -0.39 is 0 Å². The van der Waals surface area contributed by atoms with Crippen LogP contribution in [0.3, 0.4) is 0 Å². The Hall–Kier alpha value is -2.48. The first kappa shape index (κ1) is 19.3. The van der Waals surface area contributed by atoms with E-state index in [0.717, 1.165) is 12.0 Å². The molecule has 0 spiro atoms. The first-order valence-electron chi connectivity index (χ1n) is 9.82. The average molecular weight is 360 g/mol. The minimum absolute atomic E-state index is 0.0735. The smallest absolute Gasteiger partial charge is 0.252 e. The van der Waals surface area contributed by atoms with Gasteiger partial charge >= 0.3 is 0 Å². The molecule has 2 aromatic carbocycles. The Morgan fingerprint density at radius 1 is 1.04 bits per heavy atom. The molecule has 3 rings (SSSR count). The van der Waals surface area contributed by atoms with E-state index in [4.69, 9.17) is 0 Å². The molecule has 1 amide bonds. The molecule has 0 fully saturated rings. The van der Waals surface area contributed by atoms with E-state index in [1.54, 1.807) is 6.21 Å².